The number of carbonyl (C=O) groups excluding carboxylic acids is 3. The van der Waals surface area contributed by atoms with E-state index in [1.807, 2.05) is 53.6 Å². The van der Waals surface area contributed by atoms with Gasteiger partial charge in [-0.2, -0.15) is 0 Å². The van der Waals surface area contributed by atoms with E-state index in [0.29, 0.717) is 32.2 Å². The molecule has 3 aromatic carbocycles. The van der Waals surface area contributed by atoms with E-state index in [1.54, 1.807) is 54.4 Å². The van der Waals surface area contributed by atoms with Crippen molar-refractivity contribution in [2.45, 2.75) is 117 Å². The first-order chi connectivity index (χ1) is 28.5. The zero-order chi connectivity index (χ0) is 42.2. The molecule has 59 heavy (non-hydrogen) atoms. The molecule has 6 aromatic rings. The van der Waals surface area contributed by atoms with E-state index in [4.69, 9.17) is 0 Å². The van der Waals surface area contributed by atoms with E-state index in [0.717, 1.165) is 92.7 Å². The number of aromatic hydroxyl groups is 1. The first kappa shape index (κ1) is 45.5. The third-order valence-corrected chi connectivity index (χ3v) is 9.17. The first-order valence-corrected chi connectivity index (χ1v) is 20.2. The predicted molar refractivity (Wildman–Crippen MR) is 223 cm³/mol. The fourth-order valence-electron chi connectivity index (χ4n) is 5.92. The Morgan fingerprint density at radius 3 is 1.73 bits per heavy atom. The number of ketones is 3. The largest absolute Gasteiger partial charge is 0.508 e. The number of rotatable bonds is 21. The molecule has 0 bridgehead atoms. The molecule has 0 atom stereocenters. The molecule has 13 nitrogen and oxygen atoms in total. The molecule has 0 aliphatic rings. The van der Waals surface area contributed by atoms with Gasteiger partial charge in [0.15, 0.2) is 0 Å². The number of hydrogen-bond acceptors (Lipinski definition) is 10. The van der Waals surface area contributed by atoms with E-state index in [9.17, 15) is 23.9 Å². The Balaban J connectivity index is 0.000000196. The average Bonchev–Trinajstić information content (AvgIpc) is 3.99. The summed E-state index contributed by atoms with van der Waals surface area (Å²) in [5.74, 6) is 0.703. The number of halogens is 1. The highest BCUT2D eigenvalue weighted by atomic mass is 19.1. The van der Waals surface area contributed by atoms with Crippen LogP contribution in [0.5, 0.6) is 5.75 Å². The van der Waals surface area contributed by atoms with Crippen LogP contribution >= 0.6 is 0 Å². The van der Waals surface area contributed by atoms with Crippen LogP contribution in [-0.4, -0.2) is 67.4 Å². The van der Waals surface area contributed by atoms with Crippen LogP contribution in [0.15, 0.2) is 97.5 Å². The van der Waals surface area contributed by atoms with E-state index < -0.39 is 0 Å². The maximum atomic E-state index is 12.8. The summed E-state index contributed by atoms with van der Waals surface area (Å²) in [5.41, 5.74) is 6.15. The minimum Gasteiger partial charge on any atom is -0.508 e. The summed E-state index contributed by atoms with van der Waals surface area (Å²) >= 11 is 0. The smallest absolute Gasteiger partial charge is 0.130 e. The van der Waals surface area contributed by atoms with Crippen molar-refractivity contribution in [1.82, 2.24) is 45.0 Å². The number of phenols is 1. The normalized spacial score (nSPS) is 10.6. The van der Waals surface area contributed by atoms with Crippen LogP contribution < -0.4 is 0 Å². The van der Waals surface area contributed by atoms with Crippen LogP contribution in [0, 0.1) is 5.82 Å². The van der Waals surface area contributed by atoms with Gasteiger partial charge in [0.2, 0.25) is 0 Å². The summed E-state index contributed by atoms with van der Waals surface area (Å²) in [6.07, 6.45) is 15.7. The molecule has 14 heteroatoms. The molecule has 0 amide bonds. The highest BCUT2D eigenvalue weighted by Crippen LogP contribution is 2.12. The second-order valence-electron chi connectivity index (χ2n) is 14.7. The lowest BCUT2D eigenvalue weighted by Gasteiger charge is -2.01. The summed E-state index contributed by atoms with van der Waals surface area (Å²) < 4.78 is 18.2. The van der Waals surface area contributed by atoms with E-state index in [1.165, 1.54) is 17.7 Å². The second-order valence-corrected chi connectivity index (χ2v) is 14.7. The topological polar surface area (TPSA) is 164 Å². The Kier molecular flexibility index (Phi) is 19.5. The number of aromatic nitrogens is 9. The summed E-state index contributed by atoms with van der Waals surface area (Å²) in [6, 6.07) is 23.8. The summed E-state index contributed by atoms with van der Waals surface area (Å²) in [4.78, 5) is 32.5. The third-order valence-electron chi connectivity index (χ3n) is 9.17. The molecular formula is C45H56FN9O4. The highest BCUT2D eigenvalue weighted by molar-refractivity contribution is 5.76. The maximum Gasteiger partial charge on any atom is 0.130 e. The maximum absolute atomic E-state index is 12.8. The molecule has 3 heterocycles. The molecule has 0 fully saturated rings. The lowest BCUT2D eigenvalue weighted by atomic mass is 10.1. The molecule has 6 rings (SSSR count). The number of carbonyl (C=O) groups is 3. The van der Waals surface area contributed by atoms with E-state index >= 15 is 0 Å². The molecule has 3 aromatic heterocycles. The van der Waals surface area contributed by atoms with Crippen LogP contribution in [0.1, 0.15) is 106 Å². The molecule has 1 N–H and O–H groups in total. The number of benzene rings is 3. The van der Waals surface area contributed by atoms with Crippen molar-refractivity contribution in [1.29, 1.82) is 0 Å². The second kappa shape index (κ2) is 25.2. The Morgan fingerprint density at radius 1 is 0.525 bits per heavy atom. The van der Waals surface area contributed by atoms with Gasteiger partial charge in [-0.25, -0.2) is 9.07 Å². The molecule has 0 spiro atoms. The Labute approximate surface area is 345 Å². The van der Waals surface area contributed by atoms with Gasteiger partial charge in [-0.05, 0) is 107 Å². The van der Waals surface area contributed by atoms with E-state index in [-0.39, 0.29) is 28.9 Å². The molecule has 0 radical (unpaired) electrons. The van der Waals surface area contributed by atoms with Crippen LogP contribution in [0.25, 0.3) is 0 Å². The summed E-state index contributed by atoms with van der Waals surface area (Å²) in [7, 11) is 0. The number of nitrogens with zero attached hydrogens (tertiary/aromatic N) is 9. The zero-order valence-corrected chi connectivity index (χ0v) is 34.4. The van der Waals surface area contributed by atoms with Gasteiger partial charge in [-0.15, -0.1) is 15.3 Å². The van der Waals surface area contributed by atoms with Crippen LogP contribution in [-0.2, 0) is 59.7 Å². The van der Waals surface area contributed by atoms with Crippen molar-refractivity contribution in [2.75, 3.05) is 0 Å². The van der Waals surface area contributed by atoms with Crippen molar-refractivity contribution in [3.05, 3.63) is 137 Å². The van der Waals surface area contributed by atoms with Gasteiger partial charge in [0.25, 0.3) is 0 Å². The van der Waals surface area contributed by atoms with Crippen molar-refractivity contribution in [3.8, 4) is 5.75 Å². The predicted octanol–water partition coefficient (Wildman–Crippen LogP) is 7.53. The Bertz CT molecular complexity index is 2130. The fraction of sp³-hybridized carbons (Fsp3) is 0.400. The molecule has 0 aliphatic heterocycles. The van der Waals surface area contributed by atoms with Crippen LogP contribution in [0.2, 0.25) is 0 Å². The number of phenolic OH excluding ortho intramolecular Hbond substituents is 1. The van der Waals surface area contributed by atoms with Crippen molar-refractivity contribution in [3.63, 3.8) is 0 Å². The van der Waals surface area contributed by atoms with Gasteiger partial charge in [-0.3, -0.25) is 9.36 Å². The van der Waals surface area contributed by atoms with Crippen molar-refractivity contribution in [2.24, 2.45) is 0 Å². The molecule has 0 aliphatic carbocycles. The molecule has 0 saturated heterocycles. The van der Waals surface area contributed by atoms with Crippen molar-refractivity contribution >= 4 is 17.3 Å². The third kappa shape index (κ3) is 19.2. The van der Waals surface area contributed by atoms with Gasteiger partial charge in [0, 0.05) is 57.4 Å². The van der Waals surface area contributed by atoms with Gasteiger partial charge < -0.3 is 19.5 Å². The quantitative estimate of drug-likeness (QED) is 0.0720. The van der Waals surface area contributed by atoms with Gasteiger partial charge in [0.1, 0.15) is 28.9 Å². The number of Topliss-reactive ketones (excluding diaryl/α,β-unsaturated/α-hetero) is 3. The minimum atomic E-state index is -0.237. The zero-order valence-electron chi connectivity index (χ0n) is 34.4. The monoisotopic (exact) mass is 805 g/mol. The number of hydrogen-bond donors (Lipinski definition) is 1. The Morgan fingerprint density at radius 2 is 1.07 bits per heavy atom. The van der Waals surface area contributed by atoms with Crippen molar-refractivity contribution < 1.29 is 23.9 Å². The lowest BCUT2D eigenvalue weighted by molar-refractivity contribution is -0.117. The van der Waals surface area contributed by atoms with Crippen LogP contribution in [0.3, 0.4) is 0 Å². The van der Waals surface area contributed by atoms with Gasteiger partial charge in [0.05, 0.1) is 23.6 Å². The summed E-state index contributed by atoms with van der Waals surface area (Å²) in [6.45, 7) is 7.03. The first-order valence-electron chi connectivity index (χ1n) is 20.2. The molecule has 0 unspecified atom stereocenters. The van der Waals surface area contributed by atoms with Gasteiger partial charge >= 0.3 is 0 Å². The average molecular weight is 806 g/mol. The summed E-state index contributed by atoms with van der Waals surface area (Å²) in [5, 5.41) is 33.8. The van der Waals surface area contributed by atoms with Crippen LogP contribution in [0.4, 0.5) is 4.39 Å². The number of aryl methyl sites for hydroxylation is 5. The number of unbranched alkanes of at least 4 members (excludes halogenated alkanes) is 3. The van der Waals surface area contributed by atoms with E-state index in [2.05, 4.69) is 43.1 Å². The Hall–Kier alpha value is -6.18. The minimum absolute atomic E-state index is 0.165. The highest BCUT2D eigenvalue weighted by Gasteiger charge is 2.06. The molecule has 312 valence electrons. The van der Waals surface area contributed by atoms with Gasteiger partial charge in [-0.1, -0.05) is 76.7 Å². The fourth-order valence-corrected chi connectivity index (χ4v) is 5.92. The SMILES string of the molecule is CC(=O)CCCCCn1cc(Cc2ccccc2)nn1.CC(=O)CCCCc1cn(Cc2ccc(F)cc2)nn1.CC(=O)CCc1cn(CCc2ccc(O)cc2)nn1. The molecule has 0 saturated carbocycles. The lowest BCUT2D eigenvalue weighted by Crippen LogP contribution is -2.01. The molecular weight excluding hydrogens is 750 g/mol. The standard InChI is InChI=1S/C16H21N3O.C15H18FN3O.C14H17N3O2/c1-14(20)8-4-3-7-11-19-13-16(17-18-19)12-15-9-5-2-6-10-15;1-12(20)4-2-3-5-15-11-19(18-17-15)10-13-6-8-14(16)9-7-13;1-11(18)2-5-13-10-17(16-15-13)9-8-12-3-6-14(19)7-4-12/h2,5-6,9-10,13H,3-4,7-8,11-12H2,1H3;6-9,11H,2-5,10H2,1H3;3-4,6-7,10,19H,2,5,8-9H2,1H3.